The van der Waals surface area contributed by atoms with E-state index in [1.807, 2.05) is 12.1 Å². The molecule has 1 aromatic rings. The van der Waals surface area contributed by atoms with Crippen LogP contribution >= 0.6 is 0 Å². The van der Waals surface area contributed by atoms with Crippen molar-refractivity contribution < 1.29 is 14.4 Å². The number of carbonyl (C=O) groups is 3. The Hall–Kier alpha value is -2.21. The second-order valence-electron chi connectivity index (χ2n) is 5.34. The van der Waals surface area contributed by atoms with Gasteiger partial charge in [-0.3, -0.25) is 19.3 Å². The van der Waals surface area contributed by atoms with E-state index in [1.54, 1.807) is 6.07 Å². The topological polar surface area (TPSA) is 106 Å². The predicted molar refractivity (Wildman–Crippen MR) is 77.6 cm³/mol. The molecule has 1 aromatic carbocycles. The fraction of sp³-hybridized carbons (Fsp3) is 0.400. The highest BCUT2D eigenvalue weighted by Gasteiger charge is 2.18. The Morgan fingerprint density at radius 3 is 2.19 bits per heavy atom. The molecule has 6 nitrogen and oxygen atoms in total. The first-order valence-corrected chi connectivity index (χ1v) is 6.89. The smallest absolute Gasteiger partial charge is 0.231 e. The maximum atomic E-state index is 12.3. The molecule has 112 valence electrons. The van der Waals surface area contributed by atoms with E-state index in [0.29, 0.717) is 5.56 Å². The summed E-state index contributed by atoms with van der Waals surface area (Å²) in [5, 5.41) is 0. The highest BCUT2D eigenvalue weighted by Crippen LogP contribution is 2.23. The van der Waals surface area contributed by atoms with E-state index >= 15 is 0 Å². The molecule has 0 bridgehead atoms. The van der Waals surface area contributed by atoms with Crippen molar-refractivity contribution in [1.82, 2.24) is 4.90 Å². The molecule has 0 atom stereocenters. The lowest BCUT2D eigenvalue weighted by Gasteiger charge is -2.18. The number of primary amides is 2. The standard InChI is InChI=1S/C15H19N3O3/c16-14(20)8-18(9-15(17)21)7-13(19)12-5-4-10-2-1-3-11(10)6-12/h4-6H,1-3,7-9H2,(H2,16,20)(H2,17,21). The van der Waals surface area contributed by atoms with Gasteiger partial charge in [0.1, 0.15) is 0 Å². The minimum Gasteiger partial charge on any atom is -0.369 e. The van der Waals surface area contributed by atoms with E-state index in [0.717, 1.165) is 19.3 Å². The second-order valence-corrected chi connectivity index (χ2v) is 5.34. The maximum Gasteiger partial charge on any atom is 0.231 e. The average Bonchev–Trinajstić information content (AvgIpc) is 2.83. The summed E-state index contributed by atoms with van der Waals surface area (Å²) < 4.78 is 0. The molecular formula is C15H19N3O3. The van der Waals surface area contributed by atoms with Gasteiger partial charge >= 0.3 is 0 Å². The third kappa shape index (κ3) is 4.13. The van der Waals surface area contributed by atoms with Crippen molar-refractivity contribution in [2.75, 3.05) is 19.6 Å². The zero-order valence-corrected chi connectivity index (χ0v) is 11.8. The minimum atomic E-state index is -0.599. The summed E-state index contributed by atoms with van der Waals surface area (Å²) in [6.07, 6.45) is 3.16. The number of rotatable bonds is 7. The molecule has 6 heteroatoms. The number of amides is 2. The van der Waals surface area contributed by atoms with Gasteiger partial charge in [0.2, 0.25) is 11.8 Å². The number of hydrogen-bond acceptors (Lipinski definition) is 4. The van der Waals surface area contributed by atoms with Gasteiger partial charge in [-0.25, -0.2) is 0 Å². The first-order chi connectivity index (χ1) is 9.95. The number of fused-ring (bicyclic) bond motifs is 1. The number of nitrogens with zero attached hydrogens (tertiary/aromatic N) is 1. The van der Waals surface area contributed by atoms with Crippen LogP contribution in [0.3, 0.4) is 0 Å². The molecule has 0 radical (unpaired) electrons. The van der Waals surface area contributed by atoms with Crippen LogP contribution in [0.5, 0.6) is 0 Å². The average molecular weight is 289 g/mol. The minimum absolute atomic E-state index is 0.0509. The van der Waals surface area contributed by atoms with Crippen LogP contribution in [-0.4, -0.2) is 42.1 Å². The Kier molecular flexibility index (Phi) is 4.70. The molecule has 0 saturated carbocycles. The zero-order valence-electron chi connectivity index (χ0n) is 11.8. The Labute approximate surface area is 123 Å². The third-order valence-electron chi connectivity index (χ3n) is 3.55. The monoisotopic (exact) mass is 289 g/mol. The number of benzene rings is 1. The Balaban J connectivity index is 2.07. The molecule has 0 aromatic heterocycles. The lowest BCUT2D eigenvalue weighted by molar-refractivity contribution is -0.121. The molecule has 0 spiro atoms. The van der Waals surface area contributed by atoms with Gasteiger partial charge in [0.05, 0.1) is 19.6 Å². The van der Waals surface area contributed by atoms with Crippen LogP contribution in [-0.2, 0) is 22.4 Å². The van der Waals surface area contributed by atoms with Crippen molar-refractivity contribution in [2.45, 2.75) is 19.3 Å². The lowest BCUT2D eigenvalue weighted by Crippen LogP contribution is -2.42. The number of Topliss-reactive ketones (excluding diaryl/α,β-unsaturated/α-hetero) is 1. The van der Waals surface area contributed by atoms with Crippen molar-refractivity contribution in [3.63, 3.8) is 0 Å². The quantitative estimate of drug-likeness (QED) is 0.668. The first-order valence-electron chi connectivity index (χ1n) is 6.89. The highest BCUT2D eigenvalue weighted by atomic mass is 16.2. The van der Waals surface area contributed by atoms with E-state index in [1.165, 1.54) is 16.0 Å². The van der Waals surface area contributed by atoms with Crippen molar-refractivity contribution in [3.8, 4) is 0 Å². The van der Waals surface area contributed by atoms with E-state index in [2.05, 4.69) is 0 Å². The van der Waals surface area contributed by atoms with Gasteiger partial charge in [-0.05, 0) is 36.5 Å². The van der Waals surface area contributed by atoms with Crippen molar-refractivity contribution in [1.29, 1.82) is 0 Å². The van der Waals surface area contributed by atoms with Crippen molar-refractivity contribution in [2.24, 2.45) is 11.5 Å². The van der Waals surface area contributed by atoms with Gasteiger partial charge in [0, 0.05) is 5.56 Å². The summed E-state index contributed by atoms with van der Waals surface area (Å²) in [6, 6.07) is 5.67. The van der Waals surface area contributed by atoms with Crippen LogP contribution in [0.25, 0.3) is 0 Å². The number of nitrogens with two attached hydrogens (primary N) is 2. The molecule has 1 aliphatic rings. The molecule has 0 saturated heterocycles. The number of aryl methyl sites for hydroxylation is 2. The molecule has 0 heterocycles. The van der Waals surface area contributed by atoms with Gasteiger partial charge in [-0.2, -0.15) is 0 Å². The SMILES string of the molecule is NC(=O)CN(CC(N)=O)CC(=O)c1ccc2c(c1)CCC2. The van der Waals surface area contributed by atoms with Gasteiger partial charge in [-0.15, -0.1) is 0 Å². The molecule has 0 fully saturated rings. The highest BCUT2D eigenvalue weighted by molar-refractivity contribution is 5.98. The van der Waals surface area contributed by atoms with Crippen LogP contribution in [0.2, 0.25) is 0 Å². The van der Waals surface area contributed by atoms with Crippen molar-refractivity contribution >= 4 is 17.6 Å². The maximum absolute atomic E-state index is 12.3. The summed E-state index contributed by atoms with van der Waals surface area (Å²) in [5.41, 5.74) is 13.3. The fourth-order valence-corrected chi connectivity index (χ4v) is 2.65. The van der Waals surface area contributed by atoms with Crippen molar-refractivity contribution in [3.05, 3.63) is 34.9 Å². The van der Waals surface area contributed by atoms with Crippen LogP contribution in [0.15, 0.2) is 18.2 Å². The zero-order chi connectivity index (χ0) is 15.4. The second kappa shape index (κ2) is 6.49. The number of ketones is 1. The van der Waals surface area contributed by atoms with Gasteiger partial charge < -0.3 is 11.5 Å². The van der Waals surface area contributed by atoms with Gasteiger partial charge in [0.15, 0.2) is 5.78 Å². The molecule has 2 amide bonds. The van der Waals surface area contributed by atoms with E-state index < -0.39 is 11.8 Å². The summed E-state index contributed by atoms with van der Waals surface area (Å²) in [7, 11) is 0. The largest absolute Gasteiger partial charge is 0.369 e. The summed E-state index contributed by atoms with van der Waals surface area (Å²) >= 11 is 0. The Morgan fingerprint density at radius 2 is 1.57 bits per heavy atom. The summed E-state index contributed by atoms with van der Waals surface area (Å²) in [6.45, 7) is -0.385. The Bertz CT molecular complexity index is 568. The summed E-state index contributed by atoms with van der Waals surface area (Å²) in [5.74, 6) is -1.34. The normalized spacial score (nSPS) is 13.2. The predicted octanol–water partition coefficient (Wildman–Crippen LogP) is -0.369. The number of carbonyl (C=O) groups excluding carboxylic acids is 3. The van der Waals surface area contributed by atoms with Crippen LogP contribution in [0, 0.1) is 0 Å². The van der Waals surface area contributed by atoms with Crippen LogP contribution < -0.4 is 11.5 Å². The molecular weight excluding hydrogens is 270 g/mol. The molecule has 2 rings (SSSR count). The van der Waals surface area contributed by atoms with E-state index in [9.17, 15) is 14.4 Å². The molecule has 1 aliphatic carbocycles. The van der Waals surface area contributed by atoms with Gasteiger partial charge in [-0.1, -0.05) is 12.1 Å². The molecule has 21 heavy (non-hydrogen) atoms. The van der Waals surface area contributed by atoms with E-state index in [-0.39, 0.29) is 25.4 Å². The molecule has 0 aliphatic heterocycles. The van der Waals surface area contributed by atoms with Crippen LogP contribution in [0.4, 0.5) is 0 Å². The first kappa shape index (κ1) is 15.2. The van der Waals surface area contributed by atoms with E-state index in [4.69, 9.17) is 11.5 Å². The third-order valence-corrected chi connectivity index (χ3v) is 3.55. The Morgan fingerprint density at radius 1 is 0.952 bits per heavy atom. The van der Waals surface area contributed by atoms with Gasteiger partial charge in [0.25, 0.3) is 0 Å². The fourth-order valence-electron chi connectivity index (χ4n) is 2.65. The molecule has 0 unspecified atom stereocenters. The summed E-state index contributed by atoms with van der Waals surface area (Å²) in [4.78, 5) is 35.6. The van der Waals surface area contributed by atoms with Crippen LogP contribution in [0.1, 0.15) is 27.9 Å². The molecule has 4 N–H and O–H groups in total. The lowest BCUT2D eigenvalue weighted by atomic mass is 10.0. The number of hydrogen-bond donors (Lipinski definition) is 2.